The van der Waals surface area contributed by atoms with Crippen molar-refractivity contribution in [3.05, 3.63) is 0 Å². The molecule has 3 heteroatoms. The van der Waals surface area contributed by atoms with Gasteiger partial charge in [0.1, 0.15) is 0 Å². The highest BCUT2D eigenvalue weighted by molar-refractivity contribution is 5.00. The molecule has 1 N–H and O–H groups in total. The number of hydrogen-bond acceptors (Lipinski definition) is 3. The third-order valence-corrected chi connectivity index (χ3v) is 4.39. The fraction of sp³-hybridized carbons (Fsp3) is 1.00. The van der Waals surface area contributed by atoms with Crippen LogP contribution < -0.4 is 5.32 Å². The molecule has 2 aliphatic rings. The summed E-state index contributed by atoms with van der Waals surface area (Å²) in [7, 11) is 4.34. The number of hydrogen-bond donors (Lipinski definition) is 1. The fourth-order valence-electron chi connectivity index (χ4n) is 3.31. The zero-order chi connectivity index (χ0) is 12.5. The summed E-state index contributed by atoms with van der Waals surface area (Å²) in [4.78, 5) is 5.36. The lowest BCUT2D eigenvalue weighted by molar-refractivity contribution is 0.0618. The standard InChI is InChI=1S/C14H29N3/c1-14(2)8-10-16(4)11-13(7-9-15-3)17(14)12-5-6-12/h12-13,15H,5-11H2,1-4H3. The van der Waals surface area contributed by atoms with Crippen LogP contribution in [-0.4, -0.2) is 61.2 Å². The summed E-state index contributed by atoms with van der Waals surface area (Å²) in [5, 5.41) is 3.31. The van der Waals surface area contributed by atoms with Gasteiger partial charge in [-0.2, -0.15) is 0 Å². The molecule has 0 spiro atoms. The molecular formula is C14H29N3. The van der Waals surface area contributed by atoms with Crippen molar-refractivity contribution in [3.8, 4) is 0 Å². The van der Waals surface area contributed by atoms with E-state index in [0.717, 1.165) is 18.6 Å². The zero-order valence-electron chi connectivity index (χ0n) is 12.0. The summed E-state index contributed by atoms with van der Waals surface area (Å²) in [5.74, 6) is 0. The van der Waals surface area contributed by atoms with Crippen LogP contribution >= 0.6 is 0 Å². The van der Waals surface area contributed by atoms with Crippen LogP contribution in [0.4, 0.5) is 0 Å². The molecule has 0 aromatic heterocycles. The van der Waals surface area contributed by atoms with Crippen LogP contribution in [0, 0.1) is 0 Å². The van der Waals surface area contributed by atoms with Crippen molar-refractivity contribution in [1.29, 1.82) is 0 Å². The van der Waals surface area contributed by atoms with Gasteiger partial charge in [-0.15, -0.1) is 0 Å². The van der Waals surface area contributed by atoms with Gasteiger partial charge in [0.2, 0.25) is 0 Å². The van der Waals surface area contributed by atoms with Crippen LogP contribution in [0.3, 0.4) is 0 Å². The molecule has 0 bridgehead atoms. The maximum Gasteiger partial charge on any atom is 0.0243 e. The third-order valence-electron chi connectivity index (χ3n) is 4.39. The SMILES string of the molecule is CNCCC1CN(C)CCC(C)(C)N1C1CC1. The van der Waals surface area contributed by atoms with Gasteiger partial charge in [-0.05, 0) is 66.7 Å². The lowest BCUT2D eigenvalue weighted by Gasteiger charge is -2.42. The topological polar surface area (TPSA) is 18.5 Å². The number of nitrogens with one attached hydrogen (secondary N) is 1. The number of likely N-dealkylation sites (N-methyl/N-ethyl adjacent to an activating group) is 1. The first-order chi connectivity index (χ1) is 8.04. The second-order valence-electron chi connectivity index (χ2n) is 6.51. The molecule has 17 heavy (non-hydrogen) atoms. The van der Waals surface area contributed by atoms with Crippen LogP contribution in [0.5, 0.6) is 0 Å². The highest BCUT2D eigenvalue weighted by atomic mass is 15.3. The highest BCUT2D eigenvalue weighted by Gasteiger charge is 2.43. The van der Waals surface area contributed by atoms with E-state index in [1.807, 2.05) is 0 Å². The van der Waals surface area contributed by atoms with Crippen molar-refractivity contribution >= 4 is 0 Å². The van der Waals surface area contributed by atoms with Gasteiger partial charge in [-0.3, -0.25) is 4.90 Å². The minimum atomic E-state index is 0.379. The molecule has 0 amide bonds. The molecule has 1 aliphatic carbocycles. The predicted molar refractivity (Wildman–Crippen MR) is 73.4 cm³/mol. The molecule has 0 aromatic carbocycles. The summed E-state index contributed by atoms with van der Waals surface area (Å²) in [6, 6.07) is 1.61. The molecule has 2 rings (SSSR count). The lowest BCUT2D eigenvalue weighted by Crippen LogP contribution is -2.52. The normalized spacial score (nSPS) is 31.4. The Kier molecular flexibility index (Phi) is 4.11. The van der Waals surface area contributed by atoms with Crippen LogP contribution in [0.2, 0.25) is 0 Å². The predicted octanol–water partition coefficient (Wildman–Crippen LogP) is 1.54. The van der Waals surface area contributed by atoms with Crippen molar-refractivity contribution in [3.63, 3.8) is 0 Å². The second kappa shape index (κ2) is 5.25. The van der Waals surface area contributed by atoms with Gasteiger partial charge in [0.15, 0.2) is 0 Å². The van der Waals surface area contributed by atoms with Crippen molar-refractivity contribution < 1.29 is 0 Å². The summed E-state index contributed by atoms with van der Waals surface area (Å²) >= 11 is 0. The molecule has 3 nitrogen and oxygen atoms in total. The van der Waals surface area contributed by atoms with Crippen molar-refractivity contribution in [2.45, 2.75) is 57.2 Å². The summed E-state index contributed by atoms with van der Waals surface area (Å²) in [5.41, 5.74) is 0.379. The average molecular weight is 239 g/mol. The Labute approximate surface area is 107 Å². The maximum absolute atomic E-state index is 3.31. The molecule has 1 saturated carbocycles. The van der Waals surface area contributed by atoms with E-state index in [4.69, 9.17) is 0 Å². The summed E-state index contributed by atoms with van der Waals surface area (Å²) in [6.07, 6.45) is 5.42. The van der Waals surface area contributed by atoms with E-state index in [2.05, 4.69) is 43.1 Å². The largest absolute Gasteiger partial charge is 0.320 e. The maximum atomic E-state index is 3.31. The molecule has 1 heterocycles. The first kappa shape index (κ1) is 13.3. The van der Waals surface area contributed by atoms with Crippen LogP contribution in [-0.2, 0) is 0 Å². The van der Waals surface area contributed by atoms with Gasteiger partial charge in [0.25, 0.3) is 0 Å². The molecule has 2 fully saturated rings. The van der Waals surface area contributed by atoms with Crippen LogP contribution in [0.25, 0.3) is 0 Å². The molecule has 100 valence electrons. The Hall–Kier alpha value is -0.120. The van der Waals surface area contributed by atoms with Crippen LogP contribution in [0.15, 0.2) is 0 Å². The minimum absolute atomic E-state index is 0.379. The van der Waals surface area contributed by atoms with E-state index in [1.165, 1.54) is 38.8 Å². The van der Waals surface area contributed by atoms with Gasteiger partial charge in [-0.25, -0.2) is 0 Å². The Bertz CT molecular complexity index is 248. The lowest BCUT2D eigenvalue weighted by atomic mass is 9.95. The van der Waals surface area contributed by atoms with E-state index < -0.39 is 0 Å². The minimum Gasteiger partial charge on any atom is -0.320 e. The molecule has 1 aliphatic heterocycles. The van der Waals surface area contributed by atoms with E-state index in [-0.39, 0.29) is 0 Å². The van der Waals surface area contributed by atoms with E-state index >= 15 is 0 Å². The quantitative estimate of drug-likeness (QED) is 0.803. The fourth-order valence-corrected chi connectivity index (χ4v) is 3.31. The van der Waals surface area contributed by atoms with Gasteiger partial charge in [0.05, 0.1) is 0 Å². The van der Waals surface area contributed by atoms with Crippen LogP contribution in [0.1, 0.15) is 39.5 Å². The Morgan fingerprint density at radius 3 is 2.59 bits per heavy atom. The molecule has 1 unspecified atom stereocenters. The number of rotatable bonds is 4. The van der Waals surface area contributed by atoms with Gasteiger partial charge in [-0.1, -0.05) is 0 Å². The molecule has 0 radical (unpaired) electrons. The molecule has 1 saturated heterocycles. The highest BCUT2D eigenvalue weighted by Crippen LogP contribution is 2.38. The monoisotopic (exact) mass is 239 g/mol. The molecule has 1 atom stereocenters. The molecular weight excluding hydrogens is 210 g/mol. The third kappa shape index (κ3) is 3.21. The van der Waals surface area contributed by atoms with E-state index in [0.29, 0.717) is 5.54 Å². The first-order valence-corrected chi connectivity index (χ1v) is 7.16. The second-order valence-corrected chi connectivity index (χ2v) is 6.51. The van der Waals surface area contributed by atoms with E-state index in [1.54, 1.807) is 0 Å². The molecule has 0 aromatic rings. The zero-order valence-corrected chi connectivity index (χ0v) is 12.0. The number of nitrogens with zero attached hydrogens (tertiary/aromatic N) is 2. The van der Waals surface area contributed by atoms with Gasteiger partial charge in [0, 0.05) is 24.2 Å². The average Bonchev–Trinajstić information content (AvgIpc) is 3.06. The summed E-state index contributed by atoms with van der Waals surface area (Å²) < 4.78 is 0. The smallest absolute Gasteiger partial charge is 0.0243 e. The van der Waals surface area contributed by atoms with Gasteiger partial charge < -0.3 is 10.2 Å². The van der Waals surface area contributed by atoms with Crippen molar-refractivity contribution in [1.82, 2.24) is 15.1 Å². The van der Waals surface area contributed by atoms with Gasteiger partial charge >= 0.3 is 0 Å². The first-order valence-electron chi connectivity index (χ1n) is 7.16. The van der Waals surface area contributed by atoms with Crippen molar-refractivity contribution in [2.24, 2.45) is 0 Å². The Balaban J connectivity index is 2.10. The van der Waals surface area contributed by atoms with E-state index in [9.17, 15) is 0 Å². The Morgan fingerprint density at radius 2 is 2.00 bits per heavy atom. The van der Waals surface area contributed by atoms with Crippen molar-refractivity contribution in [2.75, 3.05) is 33.7 Å². The summed E-state index contributed by atoms with van der Waals surface area (Å²) in [6.45, 7) is 8.50. The Morgan fingerprint density at radius 1 is 1.29 bits per heavy atom.